The summed E-state index contributed by atoms with van der Waals surface area (Å²) in [4.78, 5) is 0. The molecule has 0 spiro atoms. The third kappa shape index (κ3) is 1.74. The molecular weight excluding hydrogens is 203 g/mol. The van der Waals surface area contributed by atoms with Crippen molar-refractivity contribution in [1.29, 1.82) is 0 Å². The van der Waals surface area contributed by atoms with Crippen LogP contribution in [-0.2, 0) is 11.6 Å². The number of hydrogen-bond donors (Lipinski definition) is 1. The van der Waals surface area contributed by atoms with Crippen LogP contribution in [0.2, 0.25) is 0 Å². The molecule has 1 saturated carbocycles. The highest BCUT2D eigenvalue weighted by Crippen LogP contribution is 2.47. The molecule has 4 heteroatoms. The average molecular weight is 215 g/mol. The van der Waals surface area contributed by atoms with E-state index in [-0.39, 0.29) is 11.5 Å². The van der Waals surface area contributed by atoms with Gasteiger partial charge in [0.05, 0.1) is 5.56 Å². The Balaban J connectivity index is 2.36. The topological polar surface area (TPSA) is 26.0 Å². The molecule has 0 aliphatic heterocycles. The minimum absolute atomic E-state index is 0.0130. The second kappa shape index (κ2) is 2.98. The third-order valence-electron chi connectivity index (χ3n) is 3.15. The Labute approximate surface area is 86.1 Å². The van der Waals surface area contributed by atoms with Crippen LogP contribution in [0.15, 0.2) is 24.3 Å². The van der Waals surface area contributed by atoms with E-state index >= 15 is 0 Å². The van der Waals surface area contributed by atoms with Crippen LogP contribution in [0, 0.1) is 0 Å². The zero-order chi connectivity index (χ0) is 11.3. The lowest BCUT2D eigenvalue weighted by molar-refractivity contribution is -0.137. The van der Waals surface area contributed by atoms with Crippen molar-refractivity contribution in [3.63, 3.8) is 0 Å². The Kier molecular flexibility index (Phi) is 2.08. The molecule has 15 heavy (non-hydrogen) atoms. The van der Waals surface area contributed by atoms with Crippen LogP contribution >= 0.6 is 0 Å². The maximum atomic E-state index is 12.4. The molecule has 0 bridgehead atoms. The molecule has 0 aromatic heterocycles. The van der Waals surface area contributed by atoms with Crippen molar-refractivity contribution in [1.82, 2.24) is 0 Å². The van der Waals surface area contributed by atoms with Crippen molar-refractivity contribution in [2.75, 3.05) is 0 Å². The molecule has 0 radical (unpaired) electrons. The highest BCUT2D eigenvalue weighted by Gasteiger charge is 2.49. The van der Waals surface area contributed by atoms with Gasteiger partial charge in [0.15, 0.2) is 0 Å². The molecule has 1 nitrogen and oxygen atoms in total. The van der Waals surface area contributed by atoms with Crippen LogP contribution < -0.4 is 5.73 Å². The predicted molar refractivity (Wildman–Crippen MR) is 51.4 cm³/mol. The first-order valence-electron chi connectivity index (χ1n) is 4.77. The van der Waals surface area contributed by atoms with Gasteiger partial charge in [0.1, 0.15) is 0 Å². The summed E-state index contributed by atoms with van der Waals surface area (Å²) < 4.78 is 37.3. The van der Waals surface area contributed by atoms with Crippen LogP contribution in [0.3, 0.4) is 0 Å². The van der Waals surface area contributed by atoms with Crippen LogP contribution in [0.4, 0.5) is 13.2 Å². The summed E-state index contributed by atoms with van der Waals surface area (Å²) in [6.45, 7) is 1.90. The van der Waals surface area contributed by atoms with Crippen molar-refractivity contribution in [2.24, 2.45) is 5.73 Å². The van der Waals surface area contributed by atoms with E-state index in [4.69, 9.17) is 5.73 Å². The van der Waals surface area contributed by atoms with Crippen LogP contribution in [0.25, 0.3) is 0 Å². The van der Waals surface area contributed by atoms with Gasteiger partial charge >= 0.3 is 6.18 Å². The maximum absolute atomic E-state index is 12.4. The molecule has 0 amide bonds. The van der Waals surface area contributed by atoms with Gasteiger partial charge < -0.3 is 5.73 Å². The third-order valence-corrected chi connectivity index (χ3v) is 3.15. The van der Waals surface area contributed by atoms with Crippen LogP contribution in [-0.4, -0.2) is 6.04 Å². The molecule has 2 rings (SSSR count). The lowest BCUT2D eigenvalue weighted by Crippen LogP contribution is -2.15. The van der Waals surface area contributed by atoms with Crippen molar-refractivity contribution in [3.05, 3.63) is 35.4 Å². The van der Waals surface area contributed by atoms with Crippen molar-refractivity contribution in [3.8, 4) is 0 Å². The summed E-state index contributed by atoms with van der Waals surface area (Å²) >= 11 is 0. The van der Waals surface area contributed by atoms with E-state index in [0.717, 1.165) is 12.5 Å². The van der Waals surface area contributed by atoms with E-state index < -0.39 is 11.7 Å². The molecule has 1 aliphatic carbocycles. The van der Waals surface area contributed by atoms with Gasteiger partial charge in [-0.15, -0.1) is 0 Å². The van der Waals surface area contributed by atoms with E-state index in [2.05, 4.69) is 0 Å². The summed E-state index contributed by atoms with van der Waals surface area (Å²) in [6, 6.07) is 5.42. The zero-order valence-electron chi connectivity index (χ0n) is 8.31. The summed E-state index contributed by atoms with van der Waals surface area (Å²) in [6.07, 6.45) is -3.51. The van der Waals surface area contributed by atoms with Gasteiger partial charge in [-0.25, -0.2) is 0 Å². The standard InChI is InChI=1S/C11H12F3N/c1-10(6-9(10)15)7-3-2-4-8(5-7)11(12,13)14/h2-5,9H,6,15H2,1H3/t9-,10+/m0/s1. The summed E-state index contributed by atoms with van der Waals surface area (Å²) in [5.74, 6) is 0. The van der Waals surface area contributed by atoms with Gasteiger partial charge in [-0.1, -0.05) is 25.1 Å². The Hall–Kier alpha value is -1.03. The Bertz CT molecular complexity index is 386. The number of rotatable bonds is 1. The molecular formula is C11H12F3N. The predicted octanol–water partition coefficient (Wildman–Crippen LogP) is 2.69. The van der Waals surface area contributed by atoms with Gasteiger partial charge in [0, 0.05) is 11.5 Å². The highest BCUT2D eigenvalue weighted by atomic mass is 19.4. The first-order valence-corrected chi connectivity index (χ1v) is 4.77. The molecule has 2 atom stereocenters. The summed E-state index contributed by atoms with van der Waals surface area (Å²) in [5.41, 5.74) is 5.54. The van der Waals surface area contributed by atoms with Gasteiger partial charge in [-0.2, -0.15) is 13.2 Å². The molecule has 2 N–H and O–H groups in total. The van der Waals surface area contributed by atoms with Gasteiger partial charge in [-0.05, 0) is 18.1 Å². The molecule has 1 fully saturated rings. The molecule has 1 aliphatic rings. The fraction of sp³-hybridized carbons (Fsp3) is 0.455. The van der Waals surface area contributed by atoms with Crippen molar-refractivity contribution in [2.45, 2.75) is 31.0 Å². The molecule has 0 unspecified atom stereocenters. The number of alkyl halides is 3. The number of halogens is 3. The second-order valence-electron chi connectivity index (χ2n) is 4.31. The Morgan fingerprint density at radius 1 is 1.40 bits per heavy atom. The van der Waals surface area contributed by atoms with Crippen LogP contribution in [0.1, 0.15) is 24.5 Å². The first kappa shape index (κ1) is 10.5. The monoisotopic (exact) mass is 215 g/mol. The molecule has 0 saturated heterocycles. The average Bonchev–Trinajstić information content (AvgIpc) is 2.75. The maximum Gasteiger partial charge on any atom is 0.416 e. The minimum atomic E-state index is -4.27. The summed E-state index contributed by atoms with van der Waals surface area (Å²) in [7, 11) is 0. The number of nitrogens with two attached hydrogens (primary N) is 1. The largest absolute Gasteiger partial charge is 0.416 e. The molecule has 0 heterocycles. The molecule has 1 aromatic carbocycles. The van der Waals surface area contributed by atoms with E-state index in [0.29, 0.717) is 5.56 Å². The second-order valence-corrected chi connectivity index (χ2v) is 4.31. The Morgan fingerprint density at radius 2 is 2.00 bits per heavy atom. The fourth-order valence-electron chi connectivity index (χ4n) is 1.78. The number of hydrogen-bond acceptors (Lipinski definition) is 1. The van der Waals surface area contributed by atoms with E-state index in [1.807, 2.05) is 6.92 Å². The molecule has 82 valence electrons. The fourth-order valence-corrected chi connectivity index (χ4v) is 1.78. The smallest absolute Gasteiger partial charge is 0.327 e. The quantitative estimate of drug-likeness (QED) is 0.765. The van der Waals surface area contributed by atoms with E-state index in [1.165, 1.54) is 12.1 Å². The molecule has 1 aromatic rings. The van der Waals surface area contributed by atoms with Crippen LogP contribution in [0.5, 0.6) is 0 Å². The first-order chi connectivity index (χ1) is 6.84. The van der Waals surface area contributed by atoms with Gasteiger partial charge in [0.25, 0.3) is 0 Å². The Morgan fingerprint density at radius 3 is 2.47 bits per heavy atom. The zero-order valence-corrected chi connectivity index (χ0v) is 8.31. The van der Waals surface area contributed by atoms with E-state index in [9.17, 15) is 13.2 Å². The van der Waals surface area contributed by atoms with Crippen molar-refractivity contribution < 1.29 is 13.2 Å². The lowest BCUT2D eigenvalue weighted by atomic mass is 9.95. The summed E-state index contributed by atoms with van der Waals surface area (Å²) in [5, 5.41) is 0. The normalized spacial score (nSPS) is 30.3. The lowest BCUT2D eigenvalue weighted by Gasteiger charge is -2.13. The number of benzene rings is 1. The SMILES string of the molecule is C[C@]1(c2cccc(C(F)(F)F)c2)C[C@@H]1N. The van der Waals surface area contributed by atoms with Gasteiger partial charge in [0.2, 0.25) is 0 Å². The van der Waals surface area contributed by atoms with Gasteiger partial charge in [-0.3, -0.25) is 0 Å². The van der Waals surface area contributed by atoms with E-state index in [1.54, 1.807) is 6.07 Å². The minimum Gasteiger partial charge on any atom is -0.327 e. The highest BCUT2D eigenvalue weighted by molar-refractivity contribution is 5.38. The van der Waals surface area contributed by atoms with Crippen molar-refractivity contribution >= 4 is 0 Å².